The van der Waals surface area contributed by atoms with Crippen molar-refractivity contribution in [3.05, 3.63) is 46.6 Å². The molecule has 7 heteroatoms. The molecule has 0 aliphatic carbocycles. The standard InChI is InChI=1S/C14H11ClFNO3S/c1-2-3-9(14(19)20)17-13(18)12-11(15)8-5-4-7(16)6-10(8)21-12/h2,4-6,9H,1,3H2,(H,17,18)(H,19,20). The normalized spacial score (nSPS) is 12.1. The number of thiophene rings is 1. The second-order valence-corrected chi connectivity index (χ2v) is 5.70. The number of carboxylic acids is 1. The van der Waals surface area contributed by atoms with Crippen LogP contribution in [0.1, 0.15) is 16.1 Å². The van der Waals surface area contributed by atoms with Crippen molar-refractivity contribution in [3.8, 4) is 0 Å². The van der Waals surface area contributed by atoms with Crippen LogP contribution in [0, 0.1) is 5.82 Å². The van der Waals surface area contributed by atoms with E-state index in [1.165, 1.54) is 24.3 Å². The van der Waals surface area contributed by atoms with Crippen LogP contribution in [0.3, 0.4) is 0 Å². The van der Waals surface area contributed by atoms with E-state index >= 15 is 0 Å². The molecule has 0 bridgehead atoms. The Morgan fingerprint density at radius 1 is 1.52 bits per heavy atom. The molecule has 0 aliphatic heterocycles. The lowest BCUT2D eigenvalue weighted by Gasteiger charge is -2.11. The molecule has 0 fully saturated rings. The van der Waals surface area contributed by atoms with E-state index in [0.717, 1.165) is 11.3 Å². The summed E-state index contributed by atoms with van der Waals surface area (Å²) in [5.74, 6) is -2.19. The average Bonchev–Trinajstić information content (AvgIpc) is 2.74. The smallest absolute Gasteiger partial charge is 0.326 e. The van der Waals surface area contributed by atoms with Crippen molar-refractivity contribution in [3.63, 3.8) is 0 Å². The molecule has 1 aromatic heterocycles. The predicted octanol–water partition coefficient (Wildman–Crippen LogP) is 3.45. The Hall–Kier alpha value is -1.92. The summed E-state index contributed by atoms with van der Waals surface area (Å²) >= 11 is 7.12. The molecule has 1 amide bonds. The molecule has 0 spiro atoms. The molecule has 4 nitrogen and oxygen atoms in total. The molecule has 0 saturated carbocycles. The molecule has 0 saturated heterocycles. The van der Waals surface area contributed by atoms with Gasteiger partial charge in [0.2, 0.25) is 0 Å². The number of carbonyl (C=O) groups excluding carboxylic acids is 1. The van der Waals surface area contributed by atoms with Gasteiger partial charge in [0, 0.05) is 10.1 Å². The average molecular weight is 328 g/mol. The number of halogens is 2. The van der Waals surface area contributed by atoms with Gasteiger partial charge in [-0.3, -0.25) is 4.79 Å². The summed E-state index contributed by atoms with van der Waals surface area (Å²) in [6.45, 7) is 3.45. The largest absolute Gasteiger partial charge is 0.480 e. The molecule has 21 heavy (non-hydrogen) atoms. The van der Waals surface area contributed by atoms with E-state index in [2.05, 4.69) is 11.9 Å². The quantitative estimate of drug-likeness (QED) is 0.827. The first-order chi connectivity index (χ1) is 9.93. The Balaban J connectivity index is 2.32. The Labute approximate surface area is 128 Å². The third-order valence-corrected chi connectivity index (χ3v) is 4.46. The van der Waals surface area contributed by atoms with Crippen LogP contribution in [0.5, 0.6) is 0 Å². The van der Waals surface area contributed by atoms with Crippen LogP contribution in [0.15, 0.2) is 30.9 Å². The van der Waals surface area contributed by atoms with Gasteiger partial charge in [-0.2, -0.15) is 0 Å². The third kappa shape index (κ3) is 3.22. The first kappa shape index (κ1) is 15.5. The van der Waals surface area contributed by atoms with E-state index in [0.29, 0.717) is 10.1 Å². The monoisotopic (exact) mass is 327 g/mol. The number of benzene rings is 1. The SMILES string of the molecule is C=CCC(NC(=O)c1sc2cc(F)ccc2c1Cl)C(=O)O. The van der Waals surface area contributed by atoms with Crippen LogP contribution in [0.2, 0.25) is 5.02 Å². The highest BCUT2D eigenvalue weighted by molar-refractivity contribution is 7.21. The number of amides is 1. The van der Waals surface area contributed by atoms with E-state index in [9.17, 15) is 14.0 Å². The molecule has 1 aromatic carbocycles. The highest BCUT2D eigenvalue weighted by Gasteiger charge is 2.23. The summed E-state index contributed by atoms with van der Waals surface area (Å²) in [5, 5.41) is 12.1. The summed E-state index contributed by atoms with van der Waals surface area (Å²) in [7, 11) is 0. The maximum absolute atomic E-state index is 13.2. The Morgan fingerprint density at radius 3 is 2.86 bits per heavy atom. The van der Waals surface area contributed by atoms with Gasteiger partial charge in [0.1, 0.15) is 16.7 Å². The molecule has 1 heterocycles. The second-order valence-electron chi connectivity index (χ2n) is 4.27. The van der Waals surface area contributed by atoms with Crippen LogP contribution in [-0.4, -0.2) is 23.0 Å². The van der Waals surface area contributed by atoms with Crippen molar-refractivity contribution in [1.82, 2.24) is 5.32 Å². The van der Waals surface area contributed by atoms with Gasteiger partial charge >= 0.3 is 5.97 Å². The molecule has 1 atom stereocenters. The topological polar surface area (TPSA) is 66.4 Å². The summed E-state index contributed by atoms with van der Waals surface area (Å²) < 4.78 is 13.7. The summed E-state index contributed by atoms with van der Waals surface area (Å²) in [6.07, 6.45) is 1.50. The summed E-state index contributed by atoms with van der Waals surface area (Å²) in [5.41, 5.74) is 0. The number of nitrogens with one attached hydrogen (secondary N) is 1. The number of carbonyl (C=O) groups is 2. The molecule has 1 unspecified atom stereocenters. The second kappa shape index (κ2) is 6.24. The van der Waals surface area contributed by atoms with E-state index in [4.69, 9.17) is 16.7 Å². The van der Waals surface area contributed by atoms with Crippen LogP contribution in [0.25, 0.3) is 10.1 Å². The van der Waals surface area contributed by atoms with Crippen LogP contribution < -0.4 is 5.32 Å². The van der Waals surface area contributed by atoms with Crippen LogP contribution in [0.4, 0.5) is 4.39 Å². The van der Waals surface area contributed by atoms with Gasteiger partial charge < -0.3 is 10.4 Å². The van der Waals surface area contributed by atoms with Gasteiger partial charge in [0.05, 0.1) is 5.02 Å². The fourth-order valence-corrected chi connectivity index (χ4v) is 3.24. The summed E-state index contributed by atoms with van der Waals surface area (Å²) in [4.78, 5) is 23.3. The molecule has 0 radical (unpaired) electrons. The molecular formula is C14H11ClFNO3S. The fourth-order valence-electron chi connectivity index (χ4n) is 1.80. The van der Waals surface area contributed by atoms with Gasteiger partial charge in [-0.1, -0.05) is 17.7 Å². The Bertz CT molecular complexity index is 728. The van der Waals surface area contributed by atoms with Crippen molar-refractivity contribution >= 4 is 44.9 Å². The fraction of sp³-hybridized carbons (Fsp3) is 0.143. The lowest BCUT2D eigenvalue weighted by Crippen LogP contribution is -2.40. The number of fused-ring (bicyclic) bond motifs is 1. The van der Waals surface area contributed by atoms with E-state index in [1.807, 2.05) is 0 Å². The van der Waals surface area contributed by atoms with Crippen molar-refractivity contribution < 1.29 is 19.1 Å². The van der Waals surface area contributed by atoms with Crippen molar-refractivity contribution in [1.29, 1.82) is 0 Å². The third-order valence-electron chi connectivity index (χ3n) is 2.80. The zero-order valence-electron chi connectivity index (χ0n) is 10.7. The summed E-state index contributed by atoms with van der Waals surface area (Å²) in [6, 6.07) is 2.94. The van der Waals surface area contributed by atoms with Gasteiger partial charge in [0.25, 0.3) is 5.91 Å². The molecular weight excluding hydrogens is 317 g/mol. The first-order valence-electron chi connectivity index (χ1n) is 5.96. The Morgan fingerprint density at radius 2 is 2.24 bits per heavy atom. The van der Waals surface area contributed by atoms with Crippen molar-refractivity contribution in [2.45, 2.75) is 12.5 Å². The predicted molar refractivity (Wildman–Crippen MR) is 80.5 cm³/mol. The Kier molecular flexibility index (Phi) is 4.59. The maximum Gasteiger partial charge on any atom is 0.326 e. The van der Waals surface area contributed by atoms with E-state index < -0.39 is 23.7 Å². The molecule has 110 valence electrons. The van der Waals surface area contributed by atoms with E-state index in [-0.39, 0.29) is 16.3 Å². The molecule has 2 aromatic rings. The van der Waals surface area contributed by atoms with Crippen molar-refractivity contribution in [2.24, 2.45) is 0 Å². The number of rotatable bonds is 5. The van der Waals surface area contributed by atoms with E-state index in [1.54, 1.807) is 0 Å². The molecule has 2 rings (SSSR count). The number of aliphatic carboxylic acids is 1. The maximum atomic E-state index is 13.2. The van der Waals surface area contributed by atoms with Crippen LogP contribution >= 0.6 is 22.9 Å². The van der Waals surface area contributed by atoms with Gasteiger partial charge in [-0.05, 0) is 24.6 Å². The van der Waals surface area contributed by atoms with Crippen LogP contribution in [-0.2, 0) is 4.79 Å². The molecule has 0 aliphatic rings. The number of hydrogen-bond acceptors (Lipinski definition) is 3. The zero-order chi connectivity index (χ0) is 15.6. The zero-order valence-corrected chi connectivity index (χ0v) is 12.3. The lowest BCUT2D eigenvalue weighted by molar-refractivity contribution is -0.139. The van der Waals surface area contributed by atoms with Gasteiger partial charge in [-0.25, -0.2) is 9.18 Å². The van der Waals surface area contributed by atoms with Crippen molar-refractivity contribution in [2.75, 3.05) is 0 Å². The lowest BCUT2D eigenvalue weighted by atomic mass is 10.2. The minimum atomic E-state index is -1.16. The highest BCUT2D eigenvalue weighted by atomic mass is 35.5. The number of hydrogen-bond donors (Lipinski definition) is 2. The first-order valence-corrected chi connectivity index (χ1v) is 7.15. The number of carboxylic acid groups (broad SMARTS) is 1. The molecule has 2 N–H and O–H groups in total. The minimum Gasteiger partial charge on any atom is -0.480 e. The van der Waals surface area contributed by atoms with Gasteiger partial charge in [-0.15, -0.1) is 17.9 Å². The minimum absolute atomic E-state index is 0.0955. The van der Waals surface area contributed by atoms with Gasteiger partial charge in [0.15, 0.2) is 0 Å². The highest BCUT2D eigenvalue weighted by Crippen LogP contribution is 2.35.